The Labute approximate surface area is 161 Å². The average molecular weight is 386 g/mol. The van der Waals surface area contributed by atoms with Gasteiger partial charge >= 0.3 is 12.0 Å². The lowest BCUT2D eigenvalue weighted by molar-refractivity contribution is -0.613. The minimum Gasteiger partial charge on any atom is -0.616 e. The van der Waals surface area contributed by atoms with Gasteiger partial charge in [0.15, 0.2) is 12.3 Å². The average Bonchev–Trinajstić information content (AvgIpc) is 3.08. The van der Waals surface area contributed by atoms with Crippen molar-refractivity contribution in [3.05, 3.63) is 65.3 Å². The first-order valence-corrected chi connectivity index (χ1v) is 8.97. The summed E-state index contributed by atoms with van der Waals surface area (Å²) in [5, 5.41) is 11.6. The van der Waals surface area contributed by atoms with E-state index in [2.05, 4.69) is 0 Å². The molecule has 1 amide bonds. The molecule has 8 heteroatoms. The third-order valence-electron chi connectivity index (χ3n) is 4.65. The number of benzene rings is 1. The number of amides is 1. The van der Waals surface area contributed by atoms with Crippen LogP contribution in [-0.4, -0.2) is 38.6 Å². The summed E-state index contributed by atoms with van der Waals surface area (Å²) in [7, 11) is 0. The third kappa shape index (κ3) is 3.77. The lowest BCUT2D eigenvalue weighted by Crippen LogP contribution is -2.31. The van der Waals surface area contributed by atoms with E-state index in [9.17, 15) is 14.4 Å². The molecule has 2 aliphatic heterocycles. The molecule has 0 aliphatic carbocycles. The van der Waals surface area contributed by atoms with Crippen LogP contribution in [0.1, 0.15) is 12.0 Å². The Morgan fingerprint density at radius 1 is 1.32 bits per heavy atom. The number of anilines is 1. The van der Waals surface area contributed by atoms with Crippen molar-refractivity contribution in [2.75, 3.05) is 31.3 Å². The number of carbonyl (C=O) groups is 1. The van der Waals surface area contributed by atoms with Crippen LogP contribution in [-0.2, 0) is 9.47 Å². The highest BCUT2D eigenvalue weighted by Crippen LogP contribution is 2.29. The van der Waals surface area contributed by atoms with Crippen molar-refractivity contribution in [3.63, 3.8) is 0 Å². The summed E-state index contributed by atoms with van der Waals surface area (Å²) in [6.45, 7) is 1.28. The standard InChI is InChI=1S/C20H19FN2O5/c21-18-11-15(4-5-17(18)14-6-9-26-10-7-14)22-12-16(28-20(22)24)13-27-19-3-1-2-8-23(19)25/h1-6,8,11,16H,7,9-10,12-13H2/t16-/m1/s1. The van der Waals surface area contributed by atoms with Crippen LogP contribution in [0.4, 0.5) is 14.9 Å². The molecule has 0 saturated carbocycles. The van der Waals surface area contributed by atoms with Crippen molar-refractivity contribution < 1.29 is 28.1 Å². The molecule has 1 saturated heterocycles. The second-order valence-electron chi connectivity index (χ2n) is 6.51. The normalized spacial score (nSPS) is 19.3. The minimum absolute atomic E-state index is 0.0297. The van der Waals surface area contributed by atoms with Crippen LogP contribution >= 0.6 is 0 Å². The monoisotopic (exact) mass is 386 g/mol. The first-order chi connectivity index (χ1) is 13.6. The van der Waals surface area contributed by atoms with E-state index >= 15 is 0 Å². The van der Waals surface area contributed by atoms with Crippen LogP contribution < -0.4 is 14.4 Å². The topological polar surface area (TPSA) is 74.9 Å². The van der Waals surface area contributed by atoms with Gasteiger partial charge in [-0.05, 0) is 36.3 Å². The van der Waals surface area contributed by atoms with E-state index in [1.54, 1.807) is 24.3 Å². The second kappa shape index (κ2) is 7.85. The maximum Gasteiger partial charge on any atom is 0.414 e. The van der Waals surface area contributed by atoms with Gasteiger partial charge in [0, 0.05) is 11.6 Å². The molecule has 1 aromatic carbocycles. The van der Waals surface area contributed by atoms with Gasteiger partial charge in [-0.3, -0.25) is 4.90 Å². The summed E-state index contributed by atoms with van der Waals surface area (Å²) >= 11 is 0. The molecule has 2 aliphatic rings. The number of halogens is 1. The zero-order valence-electron chi connectivity index (χ0n) is 15.0. The second-order valence-corrected chi connectivity index (χ2v) is 6.51. The summed E-state index contributed by atoms with van der Waals surface area (Å²) in [5.41, 5.74) is 1.84. The highest BCUT2D eigenvalue weighted by molar-refractivity contribution is 5.90. The van der Waals surface area contributed by atoms with Crippen LogP contribution in [0.2, 0.25) is 0 Å². The number of nitrogens with zero attached hydrogens (tertiary/aromatic N) is 2. The van der Waals surface area contributed by atoms with Crippen LogP contribution in [0.3, 0.4) is 0 Å². The summed E-state index contributed by atoms with van der Waals surface area (Å²) < 4.78 is 31.2. The molecular formula is C20H19FN2O5. The van der Waals surface area contributed by atoms with Gasteiger partial charge in [0.2, 0.25) is 0 Å². The lowest BCUT2D eigenvalue weighted by Gasteiger charge is -2.17. The van der Waals surface area contributed by atoms with Gasteiger partial charge in [0.25, 0.3) is 0 Å². The van der Waals surface area contributed by atoms with Gasteiger partial charge in [0.1, 0.15) is 12.4 Å². The highest BCUT2D eigenvalue weighted by Gasteiger charge is 2.33. The van der Waals surface area contributed by atoms with Crippen molar-refractivity contribution in [2.24, 2.45) is 0 Å². The number of pyridine rings is 1. The predicted octanol–water partition coefficient (Wildman–Crippen LogP) is 2.67. The molecule has 28 heavy (non-hydrogen) atoms. The number of carbonyl (C=O) groups excluding carboxylic acids is 1. The maximum absolute atomic E-state index is 14.6. The maximum atomic E-state index is 14.6. The Hall–Kier alpha value is -3.13. The molecule has 0 unspecified atom stereocenters. The van der Waals surface area contributed by atoms with E-state index in [0.717, 1.165) is 5.57 Å². The molecule has 146 valence electrons. The van der Waals surface area contributed by atoms with Crippen molar-refractivity contribution in [3.8, 4) is 5.88 Å². The molecular weight excluding hydrogens is 367 g/mol. The van der Waals surface area contributed by atoms with Gasteiger partial charge in [0.05, 0.1) is 31.5 Å². The molecule has 0 bridgehead atoms. The molecule has 0 N–H and O–H groups in total. The SMILES string of the molecule is O=C1O[C@@H](COc2cccc[n+]2[O-])CN1c1ccc(C2=CCOCC2)c(F)c1. The molecule has 0 radical (unpaired) electrons. The number of aromatic nitrogens is 1. The van der Waals surface area contributed by atoms with E-state index in [4.69, 9.17) is 14.2 Å². The fourth-order valence-electron chi connectivity index (χ4n) is 3.23. The first kappa shape index (κ1) is 18.2. The quantitative estimate of drug-likeness (QED) is 0.583. The minimum atomic E-state index is -0.575. The molecule has 2 aromatic rings. The van der Waals surface area contributed by atoms with Gasteiger partial charge < -0.3 is 19.4 Å². The summed E-state index contributed by atoms with van der Waals surface area (Å²) in [6.07, 6.45) is 2.70. The fraction of sp³-hybridized carbons (Fsp3) is 0.300. The van der Waals surface area contributed by atoms with E-state index in [0.29, 0.717) is 35.6 Å². The first-order valence-electron chi connectivity index (χ1n) is 8.97. The van der Waals surface area contributed by atoms with Crippen molar-refractivity contribution in [1.82, 2.24) is 0 Å². The molecule has 1 fully saturated rings. The smallest absolute Gasteiger partial charge is 0.414 e. The Balaban J connectivity index is 1.43. The summed E-state index contributed by atoms with van der Waals surface area (Å²) in [5.74, 6) is -0.271. The third-order valence-corrected chi connectivity index (χ3v) is 4.65. The van der Waals surface area contributed by atoms with Crippen LogP contribution in [0.15, 0.2) is 48.7 Å². The molecule has 3 heterocycles. The Morgan fingerprint density at radius 3 is 2.96 bits per heavy atom. The van der Waals surface area contributed by atoms with Crippen molar-refractivity contribution in [1.29, 1.82) is 0 Å². The Bertz CT molecular complexity index is 917. The van der Waals surface area contributed by atoms with Crippen LogP contribution in [0, 0.1) is 11.0 Å². The summed E-state index contributed by atoms with van der Waals surface area (Å²) in [4.78, 5) is 13.5. The van der Waals surface area contributed by atoms with E-state index in [1.807, 2.05) is 6.08 Å². The predicted molar refractivity (Wildman–Crippen MR) is 98.3 cm³/mol. The van der Waals surface area contributed by atoms with Gasteiger partial charge in [-0.15, -0.1) is 4.73 Å². The van der Waals surface area contributed by atoms with Gasteiger partial charge in [-0.2, -0.15) is 0 Å². The Morgan fingerprint density at radius 2 is 2.21 bits per heavy atom. The van der Waals surface area contributed by atoms with E-state index in [-0.39, 0.29) is 19.0 Å². The van der Waals surface area contributed by atoms with Crippen molar-refractivity contribution >= 4 is 17.4 Å². The fourth-order valence-corrected chi connectivity index (χ4v) is 3.23. The van der Waals surface area contributed by atoms with Gasteiger partial charge in [-0.25, -0.2) is 9.18 Å². The number of ether oxygens (including phenoxy) is 3. The van der Waals surface area contributed by atoms with Crippen LogP contribution in [0.5, 0.6) is 5.88 Å². The molecule has 7 nitrogen and oxygen atoms in total. The van der Waals surface area contributed by atoms with E-state index < -0.39 is 18.0 Å². The zero-order chi connectivity index (χ0) is 19.5. The highest BCUT2D eigenvalue weighted by atomic mass is 19.1. The zero-order valence-corrected chi connectivity index (χ0v) is 15.0. The van der Waals surface area contributed by atoms with E-state index in [1.165, 1.54) is 23.2 Å². The molecule has 1 aromatic heterocycles. The van der Waals surface area contributed by atoms with Gasteiger partial charge in [-0.1, -0.05) is 6.08 Å². The largest absolute Gasteiger partial charge is 0.616 e. The molecule has 0 spiro atoms. The molecule has 1 atom stereocenters. The number of rotatable bonds is 5. The number of hydrogen-bond donors (Lipinski definition) is 0. The Kier molecular flexibility index (Phi) is 5.12. The number of cyclic esters (lactones) is 1. The van der Waals surface area contributed by atoms with Crippen molar-refractivity contribution in [2.45, 2.75) is 12.5 Å². The summed E-state index contributed by atoms with van der Waals surface area (Å²) in [6, 6.07) is 9.49. The lowest BCUT2D eigenvalue weighted by atomic mass is 10.0. The van der Waals surface area contributed by atoms with Crippen LogP contribution in [0.25, 0.3) is 5.57 Å². The molecule has 4 rings (SSSR count). The number of hydrogen-bond acceptors (Lipinski definition) is 5.